The van der Waals surface area contributed by atoms with Crippen molar-refractivity contribution in [3.05, 3.63) is 54.2 Å². The number of aryl methyl sites for hydroxylation is 1. The number of nitrogens with one attached hydrogen (secondary N) is 2. The third kappa shape index (κ3) is 2.78. The molecule has 2 atom stereocenters. The fraction of sp³-hybridized carbons (Fsp3) is 0.353. The molecule has 0 aromatic carbocycles. The number of hydrogen-bond acceptors (Lipinski definition) is 4. The van der Waals surface area contributed by atoms with E-state index >= 15 is 0 Å². The van der Waals surface area contributed by atoms with Gasteiger partial charge in [-0.15, -0.1) is 0 Å². The molecule has 7 nitrogen and oxygen atoms in total. The molecule has 0 saturated carbocycles. The summed E-state index contributed by atoms with van der Waals surface area (Å²) in [4.78, 5) is 16.9. The lowest BCUT2D eigenvalue weighted by Gasteiger charge is -2.17. The Kier molecular flexibility index (Phi) is 3.78. The fourth-order valence-corrected chi connectivity index (χ4v) is 3.32. The molecule has 1 aliphatic rings. The summed E-state index contributed by atoms with van der Waals surface area (Å²) in [5, 5.41) is 10.6. The van der Waals surface area contributed by atoms with E-state index in [1.54, 1.807) is 10.9 Å². The maximum Gasteiger partial charge on any atom is 0.225 e. The molecule has 0 unspecified atom stereocenters. The zero-order valence-corrected chi connectivity index (χ0v) is 13.5. The predicted octanol–water partition coefficient (Wildman–Crippen LogP) is 0.687. The molecule has 124 valence electrons. The van der Waals surface area contributed by atoms with Crippen LogP contribution in [-0.4, -0.2) is 38.2 Å². The molecule has 1 fully saturated rings. The number of hydrogen-bond donors (Lipinski definition) is 2. The molecule has 7 heteroatoms. The molecule has 2 N–H and O–H groups in total. The van der Waals surface area contributed by atoms with E-state index in [4.69, 9.17) is 0 Å². The first-order valence-corrected chi connectivity index (χ1v) is 8.09. The van der Waals surface area contributed by atoms with Crippen molar-refractivity contribution in [1.82, 2.24) is 29.8 Å². The van der Waals surface area contributed by atoms with Crippen LogP contribution in [0.15, 0.2) is 43.1 Å². The van der Waals surface area contributed by atoms with E-state index in [-0.39, 0.29) is 17.7 Å². The Labute approximate surface area is 139 Å². The van der Waals surface area contributed by atoms with Crippen molar-refractivity contribution < 1.29 is 4.79 Å². The van der Waals surface area contributed by atoms with Gasteiger partial charge in [0.15, 0.2) is 0 Å². The number of fused-ring (bicyclic) bond motifs is 1. The molecule has 0 radical (unpaired) electrons. The van der Waals surface area contributed by atoms with E-state index in [1.165, 1.54) is 0 Å². The van der Waals surface area contributed by atoms with Crippen molar-refractivity contribution in [1.29, 1.82) is 0 Å². The number of imidazole rings is 1. The average Bonchev–Trinajstić information content (AvgIpc) is 3.31. The van der Waals surface area contributed by atoms with E-state index in [0.717, 1.165) is 23.3 Å². The largest absolute Gasteiger partial charge is 0.352 e. The first-order chi connectivity index (χ1) is 11.7. The second-order valence-electron chi connectivity index (χ2n) is 6.26. The number of nitrogens with zero attached hydrogens (tertiary/aromatic N) is 4. The van der Waals surface area contributed by atoms with Crippen LogP contribution in [0.1, 0.15) is 17.0 Å². The van der Waals surface area contributed by atoms with Crippen molar-refractivity contribution >= 4 is 11.6 Å². The highest BCUT2D eigenvalue weighted by Crippen LogP contribution is 2.27. The second kappa shape index (κ2) is 6.09. The number of aromatic nitrogens is 4. The third-order valence-corrected chi connectivity index (χ3v) is 4.63. The summed E-state index contributed by atoms with van der Waals surface area (Å²) in [5.41, 5.74) is 3.05. The van der Waals surface area contributed by atoms with Crippen LogP contribution in [0.5, 0.6) is 0 Å². The zero-order chi connectivity index (χ0) is 16.5. The minimum Gasteiger partial charge on any atom is -0.352 e. The van der Waals surface area contributed by atoms with E-state index in [0.29, 0.717) is 13.1 Å². The van der Waals surface area contributed by atoms with Gasteiger partial charge < -0.3 is 15.0 Å². The topological polar surface area (TPSA) is 76.2 Å². The summed E-state index contributed by atoms with van der Waals surface area (Å²) in [5.74, 6) is 0.190. The summed E-state index contributed by atoms with van der Waals surface area (Å²) < 4.78 is 3.73. The monoisotopic (exact) mass is 324 g/mol. The van der Waals surface area contributed by atoms with Gasteiger partial charge in [-0.25, -0.2) is 4.98 Å². The van der Waals surface area contributed by atoms with Gasteiger partial charge in [0, 0.05) is 57.4 Å². The fourth-order valence-electron chi connectivity index (χ4n) is 3.32. The summed E-state index contributed by atoms with van der Waals surface area (Å²) in [7, 11) is 1.90. The Bertz CT molecular complexity index is 867. The quantitative estimate of drug-likeness (QED) is 0.740. The van der Waals surface area contributed by atoms with Crippen LogP contribution >= 0.6 is 0 Å². The number of carbonyl (C=O) groups is 1. The van der Waals surface area contributed by atoms with Crippen LogP contribution in [0.4, 0.5) is 0 Å². The van der Waals surface area contributed by atoms with Crippen LogP contribution in [-0.2, 0) is 18.4 Å². The van der Waals surface area contributed by atoms with Crippen LogP contribution in [0, 0.1) is 5.92 Å². The zero-order valence-electron chi connectivity index (χ0n) is 13.5. The van der Waals surface area contributed by atoms with Gasteiger partial charge >= 0.3 is 0 Å². The first kappa shape index (κ1) is 14.9. The Morgan fingerprint density at radius 1 is 1.42 bits per heavy atom. The molecule has 0 bridgehead atoms. The number of amides is 1. The van der Waals surface area contributed by atoms with Gasteiger partial charge in [0.1, 0.15) is 5.65 Å². The number of pyridine rings is 1. The van der Waals surface area contributed by atoms with Crippen molar-refractivity contribution in [3.8, 4) is 0 Å². The average molecular weight is 324 g/mol. The van der Waals surface area contributed by atoms with Crippen molar-refractivity contribution in [2.45, 2.75) is 12.5 Å². The molecule has 3 aromatic rings. The Hall–Kier alpha value is -2.67. The molecule has 3 aromatic heterocycles. The van der Waals surface area contributed by atoms with Crippen molar-refractivity contribution in [2.75, 3.05) is 13.1 Å². The molecule has 1 aliphatic heterocycles. The molecule has 0 aliphatic carbocycles. The molecule has 1 saturated heterocycles. The lowest BCUT2D eigenvalue weighted by Crippen LogP contribution is -2.33. The van der Waals surface area contributed by atoms with Crippen LogP contribution < -0.4 is 10.6 Å². The van der Waals surface area contributed by atoms with Gasteiger partial charge in [-0.2, -0.15) is 5.10 Å². The maximum absolute atomic E-state index is 12.6. The minimum atomic E-state index is -0.0654. The molecular formula is C17H20N6O. The minimum absolute atomic E-state index is 0.0654. The summed E-state index contributed by atoms with van der Waals surface area (Å²) >= 11 is 0. The van der Waals surface area contributed by atoms with E-state index < -0.39 is 0 Å². The van der Waals surface area contributed by atoms with E-state index in [2.05, 4.69) is 20.7 Å². The molecule has 4 rings (SSSR count). The third-order valence-electron chi connectivity index (χ3n) is 4.63. The molecule has 1 amide bonds. The van der Waals surface area contributed by atoms with Gasteiger partial charge in [0.05, 0.1) is 12.1 Å². The summed E-state index contributed by atoms with van der Waals surface area (Å²) in [6.07, 6.45) is 9.47. The van der Waals surface area contributed by atoms with E-state index in [9.17, 15) is 4.79 Å². The van der Waals surface area contributed by atoms with Crippen molar-refractivity contribution in [2.24, 2.45) is 13.0 Å². The van der Waals surface area contributed by atoms with Crippen molar-refractivity contribution in [3.63, 3.8) is 0 Å². The maximum atomic E-state index is 12.6. The highest BCUT2D eigenvalue weighted by atomic mass is 16.1. The Balaban J connectivity index is 1.43. The highest BCUT2D eigenvalue weighted by molar-refractivity contribution is 5.80. The molecule has 0 spiro atoms. The Morgan fingerprint density at radius 3 is 3.17 bits per heavy atom. The number of rotatable bonds is 4. The molecular weight excluding hydrogens is 304 g/mol. The van der Waals surface area contributed by atoms with Crippen LogP contribution in [0.3, 0.4) is 0 Å². The van der Waals surface area contributed by atoms with Gasteiger partial charge in [-0.1, -0.05) is 0 Å². The number of carbonyl (C=O) groups excluding carboxylic acids is 1. The Morgan fingerprint density at radius 2 is 2.33 bits per heavy atom. The SMILES string of the molecule is Cn1cc([C@H]2CNC[C@@H]2C(=O)NCc2ccn3ccnc3c2)cn1. The summed E-state index contributed by atoms with van der Waals surface area (Å²) in [6.45, 7) is 2.02. The smallest absolute Gasteiger partial charge is 0.225 e. The normalized spacial score (nSPS) is 20.5. The van der Waals surface area contributed by atoms with Gasteiger partial charge in [0.2, 0.25) is 5.91 Å². The first-order valence-electron chi connectivity index (χ1n) is 8.09. The molecule has 24 heavy (non-hydrogen) atoms. The van der Waals surface area contributed by atoms with Crippen LogP contribution in [0.2, 0.25) is 0 Å². The van der Waals surface area contributed by atoms with Gasteiger partial charge in [-0.3, -0.25) is 9.48 Å². The van der Waals surface area contributed by atoms with Gasteiger partial charge in [-0.05, 0) is 23.3 Å². The second-order valence-corrected chi connectivity index (χ2v) is 6.26. The molecule has 4 heterocycles. The van der Waals surface area contributed by atoms with E-state index in [1.807, 2.05) is 48.4 Å². The lowest BCUT2D eigenvalue weighted by atomic mass is 9.90. The lowest BCUT2D eigenvalue weighted by molar-refractivity contribution is -0.125. The van der Waals surface area contributed by atoms with Gasteiger partial charge in [0.25, 0.3) is 0 Å². The highest BCUT2D eigenvalue weighted by Gasteiger charge is 2.34. The summed E-state index contributed by atoms with van der Waals surface area (Å²) in [6, 6.07) is 3.99. The van der Waals surface area contributed by atoms with Crippen LogP contribution in [0.25, 0.3) is 5.65 Å². The predicted molar refractivity (Wildman–Crippen MR) is 89.3 cm³/mol. The standard InChI is InChI=1S/C17H20N6O/c1-22-11-13(8-21-22)14-9-18-10-15(14)17(24)20-7-12-2-4-23-5-3-19-16(23)6-12/h2-6,8,11,14-15,18H,7,9-10H2,1H3,(H,20,24)/t14-,15+/m1/s1.